The molecule has 3 aromatic rings. The molecule has 1 heterocycles. The van der Waals surface area contributed by atoms with E-state index in [0.29, 0.717) is 6.54 Å². The zero-order valence-electron chi connectivity index (χ0n) is 19.3. The first-order valence-electron chi connectivity index (χ1n) is 11.7. The zero-order valence-corrected chi connectivity index (χ0v) is 19.3. The third kappa shape index (κ3) is 6.78. The minimum atomic E-state index is -0.170. The van der Waals surface area contributed by atoms with Crippen molar-refractivity contribution in [2.45, 2.75) is 19.9 Å². The second-order valence-corrected chi connectivity index (χ2v) is 8.45. The van der Waals surface area contributed by atoms with E-state index in [1.54, 1.807) is 0 Å². The third-order valence-electron chi connectivity index (χ3n) is 5.93. The highest BCUT2D eigenvalue weighted by Crippen LogP contribution is 2.28. The lowest BCUT2D eigenvalue weighted by atomic mass is 10.0. The Bertz CT molecular complexity index is 1050. The fraction of sp³-hybridized carbons (Fsp3) is 0.370. The van der Waals surface area contributed by atoms with Crippen molar-refractivity contribution in [3.05, 3.63) is 71.8 Å². The highest BCUT2D eigenvalue weighted by atomic mass is 16.5. The highest BCUT2D eigenvalue weighted by Gasteiger charge is 2.12. The Morgan fingerprint density at radius 3 is 2.64 bits per heavy atom. The lowest BCUT2D eigenvalue weighted by molar-refractivity contribution is -0.118. The van der Waals surface area contributed by atoms with Crippen molar-refractivity contribution < 1.29 is 14.3 Å². The monoisotopic (exact) mass is 447 g/mol. The van der Waals surface area contributed by atoms with Gasteiger partial charge in [-0.15, -0.1) is 0 Å². The largest absolute Gasteiger partial charge is 0.483 e. The van der Waals surface area contributed by atoms with Crippen molar-refractivity contribution >= 4 is 22.4 Å². The van der Waals surface area contributed by atoms with Gasteiger partial charge in [-0.3, -0.25) is 9.69 Å². The molecule has 1 amide bonds. The van der Waals surface area contributed by atoms with E-state index in [1.165, 1.54) is 5.39 Å². The Balaban J connectivity index is 1.35. The first-order chi connectivity index (χ1) is 16.2. The molecule has 0 atom stereocenters. The second kappa shape index (κ2) is 11.8. The predicted octanol–water partition coefficient (Wildman–Crippen LogP) is 3.98. The predicted molar refractivity (Wildman–Crippen MR) is 133 cm³/mol. The number of aryl methyl sites for hydroxylation is 1. The van der Waals surface area contributed by atoms with E-state index in [1.807, 2.05) is 55.5 Å². The average molecular weight is 448 g/mol. The van der Waals surface area contributed by atoms with E-state index in [4.69, 9.17) is 9.47 Å². The molecule has 1 aliphatic rings. The lowest BCUT2D eigenvalue weighted by Crippen LogP contribution is -2.37. The van der Waals surface area contributed by atoms with Crippen LogP contribution in [-0.4, -0.2) is 56.8 Å². The Kier molecular flexibility index (Phi) is 8.30. The summed E-state index contributed by atoms with van der Waals surface area (Å²) in [5.41, 5.74) is 3.01. The molecule has 0 radical (unpaired) electrons. The standard InChI is InChI=1S/C27H33N3O3/c1-21-7-10-23(11-8-21)29-27(31)20-33-26-12-9-22-5-2-3-6-24(22)25(26)19-28-13-4-14-30-15-17-32-18-16-30/h2-3,5-12,28H,4,13-20H2,1H3,(H,29,31). The number of carbonyl (C=O) groups is 1. The number of carbonyl (C=O) groups excluding carboxylic acids is 1. The molecule has 6 heteroatoms. The zero-order chi connectivity index (χ0) is 22.9. The van der Waals surface area contributed by atoms with E-state index < -0.39 is 0 Å². The quantitative estimate of drug-likeness (QED) is 0.461. The number of amides is 1. The summed E-state index contributed by atoms with van der Waals surface area (Å²) in [6, 6.07) is 20.0. The van der Waals surface area contributed by atoms with Gasteiger partial charge in [0.05, 0.1) is 13.2 Å². The molecule has 33 heavy (non-hydrogen) atoms. The maximum absolute atomic E-state index is 12.4. The summed E-state index contributed by atoms with van der Waals surface area (Å²) in [6.07, 6.45) is 1.08. The molecule has 1 saturated heterocycles. The van der Waals surface area contributed by atoms with E-state index in [0.717, 1.165) is 73.8 Å². The molecule has 3 aromatic carbocycles. The topological polar surface area (TPSA) is 62.8 Å². The molecule has 0 unspecified atom stereocenters. The maximum atomic E-state index is 12.4. The SMILES string of the molecule is Cc1ccc(NC(=O)COc2ccc3ccccc3c2CNCCCN2CCOCC2)cc1. The van der Waals surface area contributed by atoms with Gasteiger partial charge < -0.3 is 20.1 Å². The number of anilines is 1. The molecular formula is C27H33N3O3. The third-order valence-corrected chi connectivity index (χ3v) is 5.93. The highest BCUT2D eigenvalue weighted by molar-refractivity contribution is 5.92. The van der Waals surface area contributed by atoms with E-state index in [2.05, 4.69) is 27.7 Å². The summed E-state index contributed by atoms with van der Waals surface area (Å²) in [6.45, 7) is 8.39. The number of hydrogen-bond acceptors (Lipinski definition) is 5. The van der Waals surface area contributed by atoms with Gasteiger partial charge in [0.15, 0.2) is 6.61 Å². The summed E-state index contributed by atoms with van der Waals surface area (Å²) in [4.78, 5) is 14.9. The molecule has 0 spiro atoms. The minimum absolute atomic E-state index is 0.0315. The Morgan fingerprint density at radius 2 is 1.82 bits per heavy atom. The number of benzene rings is 3. The Labute approximate surface area is 195 Å². The van der Waals surface area contributed by atoms with Gasteiger partial charge in [0.25, 0.3) is 5.91 Å². The first kappa shape index (κ1) is 23.2. The summed E-state index contributed by atoms with van der Waals surface area (Å²) in [5.74, 6) is 0.574. The number of morpholine rings is 1. The number of rotatable bonds is 10. The van der Waals surface area contributed by atoms with Crippen LogP contribution >= 0.6 is 0 Å². The summed E-state index contributed by atoms with van der Waals surface area (Å²) < 4.78 is 11.4. The molecular weight excluding hydrogens is 414 g/mol. The van der Waals surface area contributed by atoms with E-state index in [-0.39, 0.29) is 12.5 Å². The van der Waals surface area contributed by atoms with Crippen molar-refractivity contribution in [3.63, 3.8) is 0 Å². The van der Waals surface area contributed by atoms with E-state index in [9.17, 15) is 4.79 Å². The number of fused-ring (bicyclic) bond motifs is 1. The van der Waals surface area contributed by atoms with Gasteiger partial charge in [0.2, 0.25) is 0 Å². The van der Waals surface area contributed by atoms with Crippen LogP contribution < -0.4 is 15.4 Å². The summed E-state index contributed by atoms with van der Waals surface area (Å²) >= 11 is 0. The Hall–Kier alpha value is -2.93. The molecule has 0 bridgehead atoms. The maximum Gasteiger partial charge on any atom is 0.262 e. The lowest BCUT2D eigenvalue weighted by Gasteiger charge is -2.26. The van der Waals surface area contributed by atoms with Crippen LogP contribution in [0.4, 0.5) is 5.69 Å². The molecule has 1 aliphatic heterocycles. The molecule has 1 fully saturated rings. The van der Waals surface area contributed by atoms with Crippen LogP contribution in [0, 0.1) is 6.92 Å². The Morgan fingerprint density at radius 1 is 1.03 bits per heavy atom. The summed E-state index contributed by atoms with van der Waals surface area (Å²) in [5, 5.41) is 8.78. The molecule has 0 aliphatic carbocycles. The van der Waals surface area contributed by atoms with Crippen molar-refractivity contribution in [1.29, 1.82) is 0 Å². The normalized spacial score (nSPS) is 14.3. The van der Waals surface area contributed by atoms with Gasteiger partial charge in [-0.1, -0.05) is 48.0 Å². The van der Waals surface area contributed by atoms with Gasteiger partial charge in [0.1, 0.15) is 5.75 Å². The molecule has 6 nitrogen and oxygen atoms in total. The molecule has 2 N–H and O–H groups in total. The molecule has 0 aromatic heterocycles. The number of nitrogens with one attached hydrogen (secondary N) is 2. The van der Waals surface area contributed by atoms with Crippen LogP contribution in [0.1, 0.15) is 17.5 Å². The van der Waals surface area contributed by atoms with Crippen molar-refractivity contribution in [3.8, 4) is 5.75 Å². The number of ether oxygens (including phenoxy) is 2. The van der Waals surface area contributed by atoms with Crippen LogP contribution in [0.15, 0.2) is 60.7 Å². The first-order valence-corrected chi connectivity index (χ1v) is 11.7. The summed E-state index contributed by atoms with van der Waals surface area (Å²) in [7, 11) is 0. The van der Waals surface area contributed by atoms with Gasteiger partial charge >= 0.3 is 0 Å². The minimum Gasteiger partial charge on any atom is -0.483 e. The van der Waals surface area contributed by atoms with Crippen molar-refractivity contribution in [1.82, 2.24) is 10.2 Å². The van der Waals surface area contributed by atoms with Crippen LogP contribution in [-0.2, 0) is 16.1 Å². The molecule has 4 rings (SSSR count). The number of hydrogen-bond donors (Lipinski definition) is 2. The van der Waals surface area contributed by atoms with E-state index >= 15 is 0 Å². The smallest absolute Gasteiger partial charge is 0.262 e. The second-order valence-electron chi connectivity index (χ2n) is 8.45. The van der Waals surface area contributed by atoms with Crippen molar-refractivity contribution in [2.24, 2.45) is 0 Å². The van der Waals surface area contributed by atoms with Gasteiger partial charge in [-0.05, 0) is 55.4 Å². The van der Waals surface area contributed by atoms with Gasteiger partial charge in [-0.25, -0.2) is 0 Å². The van der Waals surface area contributed by atoms with Gasteiger partial charge in [-0.2, -0.15) is 0 Å². The van der Waals surface area contributed by atoms with Crippen LogP contribution in [0.25, 0.3) is 10.8 Å². The fourth-order valence-corrected chi connectivity index (χ4v) is 4.08. The van der Waals surface area contributed by atoms with Crippen LogP contribution in [0.5, 0.6) is 5.75 Å². The van der Waals surface area contributed by atoms with Gasteiger partial charge in [0, 0.05) is 30.9 Å². The molecule has 0 saturated carbocycles. The number of nitrogens with zero attached hydrogens (tertiary/aromatic N) is 1. The molecule has 174 valence electrons. The van der Waals surface area contributed by atoms with Crippen LogP contribution in [0.2, 0.25) is 0 Å². The average Bonchev–Trinajstić information content (AvgIpc) is 2.85. The van der Waals surface area contributed by atoms with Crippen molar-refractivity contribution in [2.75, 3.05) is 51.3 Å². The fourth-order valence-electron chi connectivity index (χ4n) is 4.08. The van der Waals surface area contributed by atoms with Crippen LogP contribution in [0.3, 0.4) is 0 Å².